The van der Waals surface area contributed by atoms with Gasteiger partial charge in [-0.05, 0) is 30.7 Å². The van der Waals surface area contributed by atoms with Gasteiger partial charge < -0.3 is 20.7 Å². The van der Waals surface area contributed by atoms with E-state index in [-0.39, 0.29) is 11.8 Å². The largest absolute Gasteiger partial charge is 0.497 e. The van der Waals surface area contributed by atoms with Crippen LogP contribution in [0.5, 0.6) is 5.75 Å². The average molecular weight is 321 g/mol. The van der Waals surface area contributed by atoms with Crippen molar-refractivity contribution in [3.63, 3.8) is 0 Å². The van der Waals surface area contributed by atoms with Gasteiger partial charge in [-0.25, -0.2) is 0 Å². The number of methoxy groups -OCH3 is 1. The Bertz CT molecular complexity index is 506. The summed E-state index contributed by atoms with van der Waals surface area (Å²) in [6.45, 7) is 5.68. The van der Waals surface area contributed by atoms with Gasteiger partial charge in [0, 0.05) is 26.4 Å². The standard InChI is InChI=1S/C17H27N3O3/c1-4-8-18-9-10-19-17(22)16(20-13(2)21)12-14-6-5-7-15(11-14)23-3/h5-7,11,16,18H,4,8-10,12H2,1-3H3,(H,19,22)(H,20,21). The SMILES string of the molecule is CCCNCCNC(=O)C(Cc1cccc(OC)c1)NC(C)=O. The highest BCUT2D eigenvalue weighted by atomic mass is 16.5. The molecule has 1 rings (SSSR count). The molecule has 0 radical (unpaired) electrons. The number of amides is 2. The van der Waals surface area contributed by atoms with E-state index in [1.54, 1.807) is 7.11 Å². The zero-order valence-electron chi connectivity index (χ0n) is 14.1. The first-order valence-corrected chi connectivity index (χ1v) is 7.95. The van der Waals surface area contributed by atoms with Crippen LogP contribution in [0, 0.1) is 0 Å². The van der Waals surface area contributed by atoms with Gasteiger partial charge in [0.15, 0.2) is 0 Å². The molecule has 1 atom stereocenters. The van der Waals surface area contributed by atoms with Crippen molar-refractivity contribution in [3.05, 3.63) is 29.8 Å². The van der Waals surface area contributed by atoms with Crippen molar-refractivity contribution in [3.8, 4) is 5.75 Å². The fourth-order valence-electron chi connectivity index (χ4n) is 2.19. The third-order valence-corrected chi connectivity index (χ3v) is 3.30. The van der Waals surface area contributed by atoms with E-state index in [2.05, 4.69) is 22.9 Å². The van der Waals surface area contributed by atoms with Crippen molar-refractivity contribution in [2.45, 2.75) is 32.7 Å². The lowest BCUT2D eigenvalue weighted by molar-refractivity contribution is -0.128. The zero-order valence-corrected chi connectivity index (χ0v) is 14.1. The second-order valence-electron chi connectivity index (χ2n) is 5.35. The van der Waals surface area contributed by atoms with Crippen LogP contribution >= 0.6 is 0 Å². The molecule has 1 aromatic carbocycles. The molecule has 0 saturated carbocycles. The molecule has 6 nitrogen and oxygen atoms in total. The summed E-state index contributed by atoms with van der Waals surface area (Å²) < 4.78 is 5.18. The number of carbonyl (C=O) groups excluding carboxylic acids is 2. The molecule has 0 spiro atoms. The highest BCUT2D eigenvalue weighted by Crippen LogP contribution is 2.14. The van der Waals surface area contributed by atoms with E-state index >= 15 is 0 Å². The molecule has 0 fully saturated rings. The van der Waals surface area contributed by atoms with E-state index in [1.165, 1.54) is 6.92 Å². The summed E-state index contributed by atoms with van der Waals surface area (Å²) in [6.07, 6.45) is 1.48. The van der Waals surface area contributed by atoms with Gasteiger partial charge in [-0.15, -0.1) is 0 Å². The van der Waals surface area contributed by atoms with Crippen LogP contribution in [0.3, 0.4) is 0 Å². The molecule has 0 heterocycles. The first-order valence-electron chi connectivity index (χ1n) is 7.95. The van der Waals surface area contributed by atoms with Crippen molar-refractivity contribution in [2.75, 3.05) is 26.7 Å². The summed E-state index contributed by atoms with van der Waals surface area (Å²) in [5, 5.41) is 8.77. The monoisotopic (exact) mass is 321 g/mol. The van der Waals surface area contributed by atoms with Crippen molar-refractivity contribution in [1.82, 2.24) is 16.0 Å². The minimum atomic E-state index is -0.592. The number of rotatable bonds is 10. The molecular formula is C17H27N3O3. The van der Waals surface area contributed by atoms with Crippen LogP contribution in [0.25, 0.3) is 0 Å². The zero-order chi connectivity index (χ0) is 17.1. The topological polar surface area (TPSA) is 79.5 Å². The molecule has 0 aliphatic rings. The Morgan fingerprint density at radius 2 is 2.00 bits per heavy atom. The second-order valence-corrected chi connectivity index (χ2v) is 5.35. The number of ether oxygens (including phenoxy) is 1. The van der Waals surface area contributed by atoms with Crippen LogP contribution in [0.15, 0.2) is 24.3 Å². The van der Waals surface area contributed by atoms with Crippen LogP contribution in [-0.4, -0.2) is 44.6 Å². The molecule has 6 heteroatoms. The van der Waals surface area contributed by atoms with Crippen molar-refractivity contribution < 1.29 is 14.3 Å². The van der Waals surface area contributed by atoms with Gasteiger partial charge in [-0.3, -0.25) is 9.59 Å². The Labute approximate surface area is 138 Å². The molecule has 0 bridgehead atoms. The van der Waals surface area contributed by atoms with Crippen LogP contribution in [0.2, 0.25) is 0 Å². The molecule has 2 amide bonds. The maximum Gasteiger partial charge on any atom is 0.242 e. The second kappa shape index (κ2) is 10.6. The van der Waals surface area contributed by atoms with E-state index < -0.39 is 6.04 Å². The Morgan fingerprint density at radius 3 is 2.65 bits per heavy atom. The summed E-state index contributed by atoms with van der Waals surface area (Å²) in [4.78, 5) is 23.6. The molecule has 23 heavy (non-hydrogen) atoms. The molecule has 1 aromatic rings. The van der Waals surface area contributed by atoms with Crippen molar-refractivity contribution >= 4 is 11.8 Å². The van der Waals surface area contributed by atoms with E-state index in [4.69, 9.17) is 4.74 Å². The Balaban J connectivity index is 2.60. The molecule has 0 aliphatic carbocycles. The number of carbonyl (C=O) groups is 2. The molecule has 1 unspecified atom stereocenters. The summed E-state index contributed by atoms with van der Waals surface area (Å²) >= 11 is 0. The van der Waals surface area contributed by atoms with E-state index in [0.29, 0.717) is 19.5 Å². The average Bonchev–Trinajstić information content (AvgIpc) is 2.53. The van der Waals surface area contributed by atoms with Gasteiger partial charge >= 0.3 is 0 Å². The van der Waals surface area contributed by atoms with Crippen LogP contribution in [0.4, 0.5) is 0 Å². The molecule has 0 aliphatic heterocycles. The predicted octanol–water partition coefficient (Wildman–Crippen LogP) is 0.858. The lowest BCUT2D eigenvalue weighted by Crippen LogP contribution is -2.48. The molecular weight excluding hydrogens is 294 g/mol. The number of nitrogens with one attached hydrogen (secondary N) is 3. The van der Waals surface area contributed by atoms with Gasteiger partial charge in [0.05, 0.1) is 7.11 Å². The van der Waals surface area contributed by atoms with Gasteiger partial charge in [-0.1, -0.05) is 19.1 Å². The number of hydrogen-bond donors (Lipinski definition) is 3. The fourth-order valence-corrected chi connectivity index (χ4v) is 2.19. The van der Waals surface area contributed by atoms with Crippen LogP contribution in [0.1, 0.15) is 25.8 Å². The third kappa shape index (κ3) is 7.65. The fraction of sp³-hybridized carbons (Fsp3) is 0.529. The van der Waals surface area contributed by atoms with E-state index in [1.807, 2.05) is 24.3 Å². The molecule has 128 valence electrons. The van der Waals surface area contributed by atoms with Crippen LogP contribution < -0.4 is 20.7 Å². The summed E-state index contributed by atoms with van der Waals surface area (Å²) in [5.41, 5.74) is 0.933. The Kier molecular flexibility index (Phi) is 8.75. The third-order valence-electron chi connectivity index (χ3n) is 3.30. The van der Waals surface area contributed by atoms with E-state index in [9.17, 15) is 9.59 Å². The summed E-state index contributed by atoms with van der Waals surface area (Å²) in [7, 11) is 1.60. The quantitative estimate of drug-likeness (QED) is 0.559. The lowest BCUT2D eigenvalue weighted by Gasteiger charge is -2.18. The molecule has 3 N–H and O–H groups in total. The first-order chi connectivity index (χ1) is 11.1. The molecule has 0 aromatic heterocycles. The Hall–Kier alpha value is -2.08. The van der Waals surface area contributed by atoms with Gasteiger partial charge in [-0.2, -0.15) is 0 Å². The maximum atomic E-state index is 12.3. The minimum absolute atomic E-state index is 0.179. The first kappa shape index (κ1) is 19.0. The smallest absolute Gasteiger partial charge is 0.242 e. The minimum Gasteiger partial charge on any atom is -0.497 e. The van der Waals surface area contributed by atoms with Gasteiger partial charge in [0.25, 0.3) is 0 Å². The lowest BCUT2D eigenvalue weighted by atomic mass is 10.0. The Morgan fingerprint density at radius 1 is 1.22 bits per heavy atom. The highest BCUT2D eigenvalue weighted by molar-refractivity contribution is 5.87. The summed E-state index contributed by atoms with van der Waals surface area (Å²) in [5.74, 6) is 0.326. The normalized spacial score (nSPS) is 11.6. The number of hydrogen-bond acceptors (Lipinski definition) is 4. The van der Waals surface area contributed by atoms with E-state index in [0.717, 1.165) is 24.3 Å². The molecule has 0 saturated heterocycles. The maximum absolute atomic E-state index is 12.3. The van der Waals surface area contributed by atoms with Gasteiger partial charge in [0.2, 0.25) is 11.8 Å². The predicted molar refractivity (Wildman–Crippen MR) is 90.5 cm³/mol. The van der Waals surface area contributed by atoms with Gasteiger partial charge in [0.1, 0.15) is 11.8 Å². The van der Waals surface area contributed by atoms with Crippen LogP contribution in [-0.2, 0) is 16.0 Å². The number of benzene rings is 1. The highest BCUT2D eigenvalue weighted by Gasteiger charge is 2.19. The van der Waals surface area contributed by atoms with Crippen molar-refractivity contribution in [1.29, 1.82) is 0 Å². The van der Waals surface area contributed by atoms with Crippen molar-refractivity contribution in [2.24, 2.45) is 0 Å². The summed E-state index contributed by atoms with van der Waals surface area (Å²) in [6, 6.07) is 6.89.